The SMILES string of the molecule is Cc1cccc2c1c(C#CCO)cn2C(=O)OC(C)(C)C. The molecule has 1 aromatic heterocycles. The van der Waals surface area contributed by atoms with Gasteiger partial charge in [0.15, 0.2) is 0 Å². The van der Waals surface area contributed by atoms with E-state index in [4.69, 9.17) is 9.84 Å². The number of aliphatic hydroxyl groups is 1. The van der Waals surface area contributed by atoms with Crippen molar-refractivity contribution in [2.24, 2.45) is 0 Å². The number of ether oxygens (including phenoxy) is 1. The summed E-state index contributed by atoms with van der Waals surface area (Å²) >= 11 is 0. The molecule has 0 aliphatic carbocycles. The Bertz CT molecular complexity index is 739. The number of nitrogens with zero attached hydrogens (tertiary/aromatic N) is 1. The third-order valence-corrected chi connectivity index (χ3v) is 2.93. The molecular weight excluding hydrogens is 266 g/mol. The maximum absolute atomic E-state index is 12.3. The molecule has 1 N–H and O–H groups in total. The van der Waals surface area contributed by atoms with Gasteiger partial charge in [0.2, 0.25) is 0 Å². The average Bonchev–Trinajstić information content (AvgIpc) is 2.74. The molecule has 0 atom stereocenters. The predicted molar refractivity (Wildman–Crippen MR) is 82.3 cm³/mol. The van der Waals surface area contributed by atoms with E-state index >= 15 is 0 Å². The van der Waals surface area contributed by atoms with Crippen molar-refractivity contribution in [1.29, 1.82) is 0 Å². The number of aromatic nitrogens is 1. The number of carbonyl (C=O) groups excluding carboxylic acids is 1. The van der Waals surface area contributed by atoms with Gasteiger partial charge in [0.1, 0.15) is 12.2 Å². The third kappa shape index (κ3) is 3.26. The van der Waals surface area contributed by atoms with Crippen molar-refractivity contribution < 1.29 is 14.6 Å². The molecule has 2 rings (SSSR count). The zero-order chi connectivity index (χ0) is 15.6. The highest BCUT2D eigenvalue weighted by Crippen LogP contribution is 2.25. The molecule has 1 heterocycles. The molecule has 0 amide bonds. The number of hydrogen-bond donors (Lipinski definition) is 1. The summed E-state index contributed by atoms with van der Waals surface area (Å²) in [7, 11) is 0. The van der Waals surface area contributed by atoms with Gasteiger partial charge in [0.05, 0.1) is 11.1 Å². The fraction of sp³-hybridized carbons (Fsp3) is 0.353. The second kappa shape index (κ2) is 5.63. The predicted octanol–water partition coefficient (Wildman–Crippen LogP) is 3.08. The van der Waals surface area contributed by atoms with Crippen LogP contribution in [0.2, 0.25) is 0 Å². The summed E-state index contributed by atoms with van der Waals surface area (Å²) in [4.78, 5) is 12.3. The second-order valence-corrected chi connectivity index (χ2v) is 5.82. The Morgan fingerprint density at radius 3 is 2.71 bits per heavy atom. The van der Waals surface area contributed by atoms with E-state index in [1.165, 1.54) is 4.57 Å². The molecule has 21 heavy (non-hydrogen) atoms. The van der Waals surface area contributed by atoms with Crippen LogP contribution in [0.25, 0.3) is 10.9 Å². The van der Waals surface area contributed by atoms with Gasteiger partial charge in [-0.2, -0.15) is 0 Å². The molecule has 0 spiro atoms. The van der Waals surface area contributed by atoms with Crippen LogP contribution in [0.15, 0.2) is 24.4 Å². The van der Waals surface area contributed by atoms with Crippen molar-refractivity contribution in [1.82, 2.24) is 4.57 Å². The first kappa shape index (κ1) is 15.1. The molecule has 110 valence electrons. The summed E-state index contributed by atoms with van der Waals surface area (Å²) in [6, 6.07) is 5.71. The van der Waals surface area contributed by atoms with E-state index in [-0.39, 0.29) is 6.61 Å². The number of benzene rings is 1. The van der Waals surface area contributed by atoms with E-state index < -0.39 is 11.7 Å². The maximum atomic E-state index is 12.3. The Balaban J connectivity index is 2.60. The topological polar surface area (TPSA) is 51.5 Å². The maximum Gasteiger partial charge on any atom is 0.419 e. The highest BCUT2D eigenvalue weighted by Gasteiger charge is 2.20. The molecule has 4 heteroatoms. The molecule has 0 saturated heterocycles. The zero-order valence-electron chi connectivity index (χ0n) is 12.7. The van der Waals surface area contributed by atoms with Crippen LogP contribution >= 0.6 is 0 Å². The molecule has 0 aliphatic heterocycles. The molecule has 0 bridgehead atoms. The molecule has 0 radical (unpaired) electrons. The average molecular weight is 285 g/mol. The number of rotatable bonds is 0. The van der Waals surface area contributed by atoms with Gasteiger partial charge in [-0.15, -0.1) is 0 Å². The van der Waals surface area contributed by atoms with Crippen LogP contribution in [0.4, 0.5) is 4.79 Å². The minimum Gasteiger partial charge on any atom is -0.443 e. The van der Waals surface area contributed by atoms with Gasteiger partial charge in [0.25, 0.3) is 0 Å². The quantitative estimate of drug-likeness (QED) is 0.757. The minimum atomic E-state index is -0.561. The standard InChI is InChI=1S/C17H19NO3/c1-12-7-5-9-14-15(12)13(8-6-10-19)11-18(14)16(20)21-17(2,3)4/h5,7,9,11,19H,10H2,1-4H3. The molecule has 1 aromatic carbocycles. The number of fused-ring (bicyclic) bond motifs is 1. The number of aryl methyl sites for hydroxylation is 1. The lowest BCUT2D eigenvalue weighted by atomic mass is 10.1. The molecule has 2 aromatic rings. The lowest BCUT2D eigenvalue weighted by molar-refractivity contribution is 0.0544. The van der Waals surface area contributed by atoms with Crippen LogP contribution in [0.5, 0.6) is 0 Å². The summed E-state index contributed by atoms with van der Waals surface area (Å²) in [5, 5.41) is 9.77. The third-order valence-electron chi connectivity index (χ3n) is 2.93. The van der Waals surface area contributed by atoms with E-state index in [9.17, 15) is 4.79 Å². The molecule has 0 aliphatic rings. The van der Waals surface area contributed by atoms with E-state index in [2.05, 4.69) is 11.8 Å². The Morgan fingerprint density at radius 2 is 2.10 bits per heavy atom. The summed E-state index contributed by atoms with van der Waals surface area (Å²) in [5.74, 6) is 5.51. The van der Waals surface area contributed by atoms with E-state index in [0.717, 1.165) is 16.5 Å². The molecule has 0 fully saturated rings. The highest BCUT2D eigenvalue weighted by atomic mass is 16.6. The van der Waals surface area contributed by atoms with Gasteiger partial charge < -0.3 is 9.84 Å². The Kier molecular flexibility index (Phi) is 4.06. The number of carbonyl (C=O) groups is 1. The van der Waals surface area contributed by atoms with Gasteiger partial charge in [-0.3, -0.25) is 4.57 Å². The first-order valence-corrected chi connectivity index (χ1v) is 6.77. The van der Waals surface area contributed by atoms with E-state index in [1.807, 2.05) is 45.9 Å². The van der Waals surface area contributed by atoms with Crippen molar-refractivity contribution in [2.75, 3.05) is 6.61 Å². The summed E-state index contributed by atoms with van der Waals surface area (Å²) in [6.07, 6.45) is 1.23. The normalized spacial score (nSPS) is 11.1. The van der Waals surface area contributed by atoms with E-state index in [1.54, 1.807) is 6.20 Å². The zero-order valence-corrected chi connectivity index (χ0v) is 12.7. The molecule has 0 saturated carbocycles. The molecule has 0 unspecified atom stereocenters. The molecule has 4 nitrogen and oxygen atoms in total. The van der Waals surface area contributed by atoms with Crippen LogP contribution in [-0.4, -0.2) is 28.0 Å². The highest BCUT2D eigenvalue weighted by molar-refractivity contribution is 5.95. The van der Waals surface area contributed by atoms with Gasteiger partial charge >= 0.3 is 6.09 Å². The smallest absolute Gasteiger partial charge is 0.419 e. The van der Waals surface area contributed by atoms with Crippen LogP contribution in [-0.2, 0) is 4.74 Å². The lowest BCUT2D eigenvalue weighted by Crippen LogP contribution is -2.26. The van der Waals surface area contributed by atoms with Crippen molar-refractivity contribution in [3.05, 3.63) is 35.5 Å². The van der Waals surface area contributed by atoms with E-state index in [0.29, 0.717) is 5.56 Å². The van der Waals surface area contributed by atoms with Gasteiger partial charge in [-0.25, -0.2) is 4.79 Å². The largest absolute Gasteiger partial charge is 0.443 e. The summed E-state index contributed by atoms with van der Waals surface area (Å²) in [6.45, 7) is 7.23. The molecular formula is C17H19NO3. The summed E-state index contributed by atoms with van der Waals surface area (Å²) < 4.78 is 6.88. The number of hydrogen-bond acceptors (Lipinski definition) is 3. The lowest BCUT2D eigenvalue weighted by Gasteiger charge is -2.19. The van der Waals surface area contributed by atoms with Crippen LogP contribution in [0.1, 0.15) is 31.9 Å². The Hall–Kier alpha value is -2.25. The van der Waals surface area contributed by atoms with Crippen molar-refractivity contribution >= 4 is 17.0 Å². The van der Waals surface area contributed by atoms with Crippen LogP contribution < -0.4 is 0 Å². The van der Waals surface area contributed by atoms with Crippen molar-refractivity contribution in [3.8, 4) is 11.8 Å². The van der Waals surface area contributed by atoms with Gasteiger partial charge in [-0.1, -0.05) is 24.0 Å². The summed E-state index contributed by atoms with van der Waals surface area (Å²) in [5.41, 5.74) is 1.93. The van der Waals surface area contributed by atoms with Crippen LogP contribution in [0.3, 0.4) is 0 Å². The minimum absolute atomic E-state index is 0.217. The van der Waals surface area contributed by atoms with Crippen molar-refractivity contribution in [2.45, 2.75) is 33.3 Å². The Labute approximate surface area is 124 Å². The fourth-order valence-corrected chi connectivity index (χ4v) is 2.16. The van der Waals surface area contributed by atoms with Gasteiger partial charge in [-0.05, 0) is 39.3 Å². The van der Waals surface area contributed by atoms with Crippen molar-refractivity contribution in [3.63, 3.8) is 0 Å². The Morgan fingerprint density at radius 1 is 1.38 bits per heavy atom. The first-order chi connectivity index (χ1) is 9.83. The van der Waals surface area contributed by atoms with Gasteiger partial charge in [0, 0.05) is 11.6 Å². The monoisotopic (exact) mass is 285 g/mol. The van der Waals surface area contributed by atoms with Crippen LogP contribution in [0, 0.1) is 18.8 Å². The second-order valence-electron chi connectivity index (χ2n) is 5.82. The first-order valence-electron chi connectivity index (χ1n) is 6.77. The fourth-order valence-electron chi connectivity index (χ4n) is 2.16. The number of aliphatic hydroxyl groups excluding tert-OH is 1.